The van der Waals surface area contributed by atoms with Crippen molar-refractivity contribution in [3.63, 3.8) is 0 Å². The zero-order valence-electron chi connectivity index (χ0n) is 17.8. The fourth-order valence-electron chi connectivity index (χ4n) is 4.98. The molecule has 170 valence electrons. The molecule has 0 radical (unpaired) electrons. The van der Waals surface area contributed by atoms with Gasteiger partial charge in [-0.25, -0.2) is 0 Å². The molecule has 4 rings (SSSR count). The highest BCUT2D eigenvalue weighted by atomic mass is 16.4. The average molecular weight is 448 g/mol. The SMILES string of the molecule is C=CCCN1C(=O)C2C(c3ccc(-c4ccccc4)cc3)NC(CC(=O)O)(C(=O)O)C2C1=O. The molecule has 2 aliphatic rings. The molecule has 0 spiro atoms. The Morgan fingerprint density at radius 1 is 1.00 bits per heavy atom. The first kappa shape index (κ1) is 22.4. The van der Waals surface area contributed by atoms with Gasteiger partial charge in [0.2, 0.25) is 11.8 Å². The molecule has 33 heavy (non-hydrogen) atoms. The maximum absolute atomic E-state index is 13.3. The standard InChI is InChI=1S/C25H24N2O6/c1-2-3-13-27-22(30)19-20(23(27)31)25(24(32)33,14-18(28)29)26-21(19)17-11-9-16(10-12-17)15-7-5-4-6-8-15/h2,4-12,19-21,26H,1,3,13-14H2,(H,28,29)(H,32,33). The molecular weight excluding hydrogens is 424 g/mol. The number of hydrogen-bond acceptors (Lipinski definition) is 5. The highest BCUT2D eigenvalue weighted by Gasteiger charge is 2.68. The number of aliphatic carboxylic acids is 2. The molecule has 2 aliphatic heterocycles. The molecule has 2 saturated heterocycles. The summed E-state index contributed by atoms with van der Waals surface area (Å²) in [5.41, 5.74) is 0.458. The van der Waals surface area contributed by atoms with Gasteiger partial charge in [-0.2, -0.15) is 0 Å². The van der Waals surface area contributed by atoms with Crippen molar-refractivity contribution in [3.8, 4) is 11.1 Å². The normalized spacial score (nSPS) is 26.3. The second kappa shape index (κ2) is 8.63. The van der Waals surface area contributed by atoms with Crippen molar-refractivity contribution in [2.75, 3.05) is 6.54 Å². The first-order valence-corrected chi connectivity index (χ1v) is 10.6. The largest absolute Gasteiger partial charge is 0.481 e. The molecular formula is C25H24N2O6. The van der Waals surface area contributed by atoms with E-state index in [2.05, 4.69) is 11.9 Å². The minimum absolute atomic E-state index is 0.0800. The molecule has 2 amide bonds. The van der Waals surface area contributed by atoms with Crippen molar-refractivity contribution in [3.05, 3.63) is 72.8 Å². The molecule has 0 aromatic heterocycles. The molecule has 2 aromatic carbocycles. The lowest BCUT2D eigenvalue weighted by molar-refractivity contribution is -0.155. The van der Waals surface area contributed by atoms with Gasteiger partial charge in [0.25, 0.3) is 0 Å². The van der Waals surface area contributed by atoms with Crippen LogP contribution in [0.4, 0.5) is 0 Å². The summed E-state index contributed by atoms with van der Waals surface area (Å²) in [6, 6.07) is 16.1. The second-order valence-electron chi connectivity index (χ2n) is 8.37. The summed E-state index contributed by atoms with van der Waals surface area (Å²) < 4.78 is 0. The zero-order chi connectivity index (χ0) is 23.8. The van der Waals surface area contributed by atoms with E-state index in [1.807, 2.05) is 42.5 Å². The van der Waals surface area contributed by atoms with E-state index in [9.17, 15) is 29.4 Å². The minimum Gasteiger partial charge on any atom is -0.481 e. The zero-order valence-corrected chi connectivity index (χ0v) is 17.8. The third-order valence-electron chi connectivity index (χ3n) is 6.49. The molecule has 4 atom stereocenters. The van der Waals surface area contributed by atoms with Crippen LogP contribution in [-0.4, -0.2) is 50.9 Å². The summed E-state index contributed by atoms with van der Waals surface area (Å²) in [5, 5.41) is 22.4. The van der Waals surface area contributed by atoms with Gasteiger partial charge in [-0.1, -0.05) is 60.7 Å². The summed E-state index contributed by atoms with van der Waals surface area (Å²) in [4.78, 5) is 51.5. The van der Waals surface area contributed by atoms with E-state index < -0.39 is 53.6 Å². The van der Waals surface area contributed by atoms with E-state index in [1.54, 1.807) is 18.2 Å². The van der Waals surface area contributed by atoms with Crippen LogP contribution < -0.4 is 5.32 Å². The van der Waals surface area contributed by atoms with Gasteiger partial charge in [-0.05, 0) is 23.1 Å². The van der Waals surface area contributed by atoms with Crippen LogP contribution in [0.3, 0.4) is 0 Å². The second-order valence-corrected chi connectivity index (χ2v) is 8.37. The Bertz CT molecular complexity index is 1110. The van der Waals surface area contributed by atoms with Crippen molar-refractivity contribution in [2.45, 2.75) is 24.4 Å². The maximum atomic E-state index is 13.3. The van der Waals surface area contributed by atoms with Gasteiger partial charge in [0.15, 0.2) is 0 Å². The first-order chi connectivity index (χ1) is 15.8. The van der Waals surface area contributed by atoms with Gasteiger partial charge in [0, 0.05) is 12.6 Å². The number of carbonyl (C=O) groups excluding carboxylic acids is 2. The van der Waals surface area contributed by atoms with E-state index in [0.29, 0.717) is 12.0 Å². The van der Waals surface area contributed by atoms with E-state index in [1.165, 1.54) is 0 Å². The molecule has 0 bridgehead atoms. The number of carboxylic acids is 2. The van der Waals surface area contributed by atoms with E-state index in [4.69, 9.17) is 0 Å². The van der Waals surface area contributed by atoms with Gasteiger partial charge in [-0.15, -0.1) is 6.58 Å². The molecule has 8 nitrogen and oxygen atoms in total. The lowest BCUT2D eigenvalue weighted by atomic mass is 9.77. The van der Waals surface area contributed by atoms with E-state index in [-0.39, 0.29) is 6.54 Å². The lowest BCUT2D eigenvalue weighted by Gasteiger charge is -2.29. The van der Waals surface area contributed by atoms with Crippen LogP contribution >= 0.6 is 0 Å². The molecule has 8 heteroatoms. The lowest BCUT2D eigenvalue weighted by Crippen LogP contribution is -2.57. The predicted octanol–water partition coefficient (Wildman–Crippen LogP) is 2.47. The van der Waals surface area contributed by atoms with Gasteiger partial charge in [0.1, 0.15) is 5.54 Å². The number of carboxylic acid groups (broad SMARTS) is 2. The van der Waals surface area contributed by atoms with Crippen LogP contribution in [0.2, 0.25) is 0 Å². The number of imide groups is 1. The highest BCUT2D eigenvalue weighted by molar-refractivity contribution is 6.10. The molecule has 3 N–H and O–H groups in total. The summed E-state index contributed by atoms with van der Waals surface area (Å²) in [7, 11) is 0. The third kappa shape index (κ3) is 3.72. The van der Waals surface area contributed by atoms with Crippen molar-refractivity contribution in [2.24, 2.45) is 11.8 Å². The van der Waals surface area contributed by atoms with Crippen LogP contribution in [0.15, 0.2) is 67.3 Å². The first-order valence-electron chi connectivity index (χ1n) is 10.6. The molecule has 0 saturated carbocycles. The van der Waals surface area contributed by atoms with E-state index in [0.717, 1.165) is 16.0 Å². The number of hydrogen-bond donors (Lipinski definition) is 3. The minimum atomic E-state index is -2.09. The Balaban J connectivity index is 1.76. The number of nitrogens with zero attached hydrogens (tertiary/aromatic N) is 1. The highest BCUT2D eigenvalue weighted by Crippen LogP contribution is 2.50. The molecule has 0 aliphatic carbocycles. The maximum Gasteiger partial charge on any atom is 0.325 e. The monoisotopic (exact) mass is 448 g/mol. The Kier molecular flexibility index (Phi) is 5.86. The number of rotatable bonds is 8. The molecule has 2 aromatic rings. The average Bonchev–Trinajstić information content (AvgIpc) is 3.27. The number of benzene rings is 2. The number of nitrogens with one attached hydrogen (secondary N) is 1. The Labute approximate surface area is 190 Å². The smallest absolute Gasteiger partial charge is 0.325 e. The van der Waals surface area contributed by atoms with Crippen molar-refractivity contribution in [1.82, 2.24) is 10.2 Å². The van der Waals surface area contributed by atoms with Crippen LogP contribution in [0.1, 0.15) is 24.4 Å². The Hall–Kier alpha value is -3.78. The quantitative estimate of drug-likeness (QED) is 0.419. The summed E-state index contributed by atoms with van der Waals surface area (Å²) in [6.45, 7) is 3.68. The van der Waals surface area contributed by atoms with Gasteiger partial charge >= 0.3 is 11.9 Å². The van der Waals surface area contributed by atoms with Crippen molar-refractivity contribution >= 4 is 23.8 Å². The summed E-state index contributed by atoms with van der Waals surface area (Å²) >= 11 is 0. The Morgan fingerprint density at radius 3 is 2.21 bits per heavy atom. The molecule has 2 fully saturated rings. The summed E-state index contributed by atoms with van der Waals surface area (Å²) in [5.74, 6) is -6.32. The Morgan fingerprint density at radius 2 is 1.64 bits per heavy atom. The van der Waals surface area contributed by atoms with E-state index >= 15 is 0 Å². The number of amides is 2. The third-order valence-corrected chi connectivity index (χ3v) is 6.49. The van der Waals surface area contributed by atoms with Gasteiger partial charge in [-0.3, -0.25) is 29.4 Å². The van der Waals surface area contributed by atoms with Crippen LogP contribution in [-0.2, 0) is 19.2 Å². The topological polar surface area (TPSA) is 124 Å². The van der Waals surface area contributed by atoms with Crippen LogP contribution in [0.5, 0.6) is 0 Å². The summed E-state index contributed by atoms with van der Waals surface area (Å²) in [6.07, 6.45) is 1.10. The molecule has 4 unspecified atom stereocenters. The van der Waals surface area contributed by atoms with Crippen LogP contribution in [0, 0.1) is 11.8 Å². The fraction of sp³-hybridized carbons (Fsp3) is 0.280. The number of fused-ring (bicyclic) bond motifs is 1. The predicted molar refractivity (Wildman–Crippen MR) is 119 cm³/mol. The fourth-order valence-corrected chi connectivity index (χ4v) is 4.98. The number of likely N-dealkylation sites (tertiary alicyclic amines) is 1. The van der Waals surface area contributed by atoms with Gasteiger partial charge < -0.3 is 10.2 Å². The van der Waals surface area contributed by atoms with Crippen LogP contribution in [0.25, 0.3) is 11.1 Å². The van der Waals surface area contributed by atoms with Gasteiger partial charge in [0.05, 0.1) is 18.3 Å². The molecule has 2 heterocycles. The van der Waals surface area contributed by atoms with Crippen molar-refractivity contribution in [1.29, 1.82) is 0 Å². The van der Waals surface area contributed by atoms with Crippen molar-refractivity contribution < 1.29 is 29.4 Å². The number of carbonyl (C=O) groups is 4.